The van der Waals surface area contributed by atoms with E-state index in [2.05, 4.69) is 0 Å². The van der Waals surface area contributed by atoms with E-state index in [1.54, 1.807) is 11.8 Å². The molecule has 1 aromatic rings. The van der Waals surface area contributed by atoms with Gasteiger partial charge in [0.1, 0.15) is 6.04 Å². The van der Waals surface area contributed by atoms with Crippen molar-refractivity contribution in [2.45, 2.75) is 57.0 Å². The van der Waals surface area contributed by atoms with Crippen LogP contribution in [0.3, 0.4) is 0 Å². The number of benzene rings is 1. The van der Waals surface area contributed by atoms with Crippen molar-refractivity contribution in [1.82, 2.24) is 4.90 Å². The largest absolute Gasteiger partial charge is 0.405 e. The molecule has 0 saturated heterocycles. The molecule has 0 aromatic heterocycles. The van der Waals surface area contributed by atoms with Crippen LogP contribution in [0.2, 0.25) is 0 Å². The smallest absolute Gasteiger partial charge is 0.326 e. The van der Waals surface area contributed by atoms with Crippen LogP contribution in [-0.4, -0.2) is 29.2 Å². The molecule has 5 heteroatoms. The summed E-state index contributed by atoms with van der Waals surface area (Å²) in [6.07, 6.45) is -2.30. The molecule has 2 nitrogen and oxygen atoms in total. The highest BCUT2D eigenvalue weighted by Crippen LogP contribution is 2.37. The van der Waals surface area contributed by atoms with Crippen LogP contribution in [0.15, 0.2) is 30.3 Å². The van der Waals surface area contributed by atoms with E-state index in [4.69, 9.17) is 5.73 Å². The Morgan fingerprint density at radius 3 is 2.30 bits per heavy atom. The lowest BCUT2D eigenvalue weighted by Gasteiger charge is -2.36. The summed E-state index contributed by atoms with van der Waals surface area (Å²) in [6, 6.07) is 6.87. The second-order valence-electron chi connectivity index (χ2n) is 5.45. The van der Waals surface area contributed by atoms with Crippen LogP contribution in [-0.2, 0) is 6.54 Å². The third-order valence-electron chi connectivity index (χ3n) is 3.79. The van der Waals surface area contributed by atoms with E-state index < -0.39 is 18.3 Å². The van der Waals surface area contributed by atoms with E-state index >= 15 is 0 Å². The van der Waals surface area contributed by atoms with E-state index in [9.17, 15) is 13.2 Å². The maximum Gasteiger partial charge on any atom is 0.405 e. The number of rotatable bonds is 6. The van der Waals surface area contributed by atoms with Gasteiger partial charge < -0.3 is 5.73 Å². The molecule has 0 amide bonds. The molecule has 1 saturated carbocycles. The fraction of sp³-hybridized carbons (Fsp3) is 0.600. The summed E-state index contributed by atoms with van der Waals surface area (Å²) in [4.78, 5) is 1.55. The average molecular weight is 286 g/mol. The molecule has 2 atom stereocenters. The summed E-state index contributed by atoms with van der Waals surface area (Å²) in [5.41, 5.74) is 6.66. The fourth-order valence-electron chi connectivity index (χ4n) is 2.55. The van der Waals surface area contributed by atoms with Crippen molar-refractivity contribution in [2.24, 2.45) is 5.73 Å². The SMILES string of the molecule is CCC(N)C(N(Cc1ccccc1)C1CC1)C(F)(F)F. The normalized spacial score (nSPS) is 19.1. The molecule has 0 aliphatic heterocycles. The predicted octanol–water partition coefficient (Wildman–Crippen LogP) is 3.32. The molecule has 2 rings (SSSR count). The third-order valence-corrected chi connectivity index (χ3v) is 3.79. The Kier molecular flexibility index (Phi) is 4.70. The number of nitrogens with two attached hydrogens (primary N) is 1. The third kappa shape index (κ3) is 3.73. The first-order valence-corrected chi connectivity index (χ1v) is 7.05. The van der Waals surface area contributed by atoms with Crippen molar-refractivity contribution in [3.8, 4) is 0 Å². The van der Waals surface area contributed by atoms with E-state index in [0.29, 0.717) is 13.0 Å². The lowest BCUT2D eigenvalue weighted by molar-refractivity contribution is -0.193. The first-order chi connectivity index (χ1) is 9.43. The van der Waals surface area contributed by atoms with E-state index in [1.165, 1.54) is 0 Å². The molecule has 1 aromatic carbocycles. The van der Waals surface area contributed by atoms with Crippen molar-refractivity contribution in [3.63, 3.8) is 0 Å². The first kappa shape index (κ1) is 15.3. The molecule has 0 radical (unpaired) electrons. The summed E-state index contributed by atoms with van der Waals surface area (Å²) >= 11 is 0. The molecule has 2 unspecified atom stereocenters. The van der Waals surface area contributed by atoms with E-state index in [1.807, 2.05) is 30.3 Å². The van der Waals surface area contributed by atoms with Crippen LogP contribution in [0.5, 0.6) is 0 Å². The lowest BCUT2D eigenvalue weighted by atomic mass is 10.0. The van der Waals surface area contributed by atoms with Gasteiger partial charge in [-0.25, -0.2) is 0 Å². The lowest BCUT2D eigenvalue weighted by Crippen LogP contribution is -2.56. The van der Waals surface area contributed by atoms with Crippen LogP contribution in [0.25, 0.3) is 0 Å². The van der Waals surface area contributed by atoms with Crippen LogP contribution in [0.4, 0.5) is 13.2 Å². The second-order valence-corrected chi connectivity index (χ2v) is 5.45. The molecule has 112 valence electrons. The summed E-state index contributed by atoms with van der Waals surface area (Å²) in [5, 5.41) is 0. The molecular weight excluding hydrogens is 265 g/mol. The zero-order valence-electron chi connectivity index (χ0n) is 11.6. The van der Waals surface area contributed by atoms with Crippen molar-refractivity contribution >= 4 is 0 Å². The monoisotopic (exact) mass is 286 g/mol. The number of hydrogen-bond acceptors (Lipinski definition) is 2. The highest BCUT2D eigenvalue weighted by molar-refractivity contribution is 5.15. The molecule has 1 fully saturated rings. The Morgan fingerprint density at radius 1 is 1.25 bits per heavy atom. The molecular formula is C15H21F3N2. The minimum Gasteiger partial charge on any atom is -0.326 e. The maximum absolute atomic E-state index is 13.4. The van der Waals surface area contributed by atoms with Crippen LogP contribution in [0, 0.1) is 0 Å². The number of hydrogen-bond donors (Lipinski definition) is 1. The maximum atomic E-state index is 13.4. The Bertz CT molecular complexity index is 415. The number of nitrogens with zero attached hydrogens (tertiary/aromatic N) is 1. The van der Waals surface area contributed by atoms with Crippen LogP contribution >= 0.6 is 0 Å². The topological polar surface area (TPSA) is 29.3 Å². The van der Waals surface area contributed by atoms with Gasteiger partial charge in [-0.05, 0) is 24.8 Å². The summed E-state index contributed by atoms with van der Waals surface area (Å²) in [5.74, 6) is 0. The Morgan fingerprint density at radius 2 is 1.85 bits per heavy atom. The highest BCUT2D eigenvalue weighted by atomic mass is 19.4. The van der Waals surface area contributed by atoms with Crippen LogP contribution in [0.1, 0.15) is 31.7 Å². The number of halogens is 3. The second kappa shape index (κ2) is 6.14. The first-order valence-electron chi connectivity index (χ1n) is 7.05. The molecule has 0 heterocycles. The molecule has 20 heavy (non-hydrogen) atoms. The van der Waals surface area contributed by atoms with E-state index in [0.717, 1.165) is 18.4 Å². The van der Waals surface area contributed by atoms with Gasteiger partial charge in [0, 0.05) is 18.6 Å². The van der Waals surface area contributed by atoms with Gasteiger partial charge in [0.2, 0.25) is 0 Å². The van der Waals surface area contributed by atoms with Gasteiger partial charge in [-0.1, -0.05) is 37.3 Å². The molecule has 0 bridgehead atoms. The van der Waals surface area contributed by atoms with Gasteiger partial charge in [-0.2, -0.15) is 13.2 Å². The zero-order chi connectivity index (χ0) is 14.8. The zero-order valence-corrected chi connectivity index (χ0v) is 11.6. The fourth-order valence-corrected chi connectivity index (χ4v) is 2.55. The van der Waals surface area contributed by atoms with Crippen molar-refractivity contribution in [2.75, 3.05) is 0 Å². The average Bonchev–Trinajstić information content (AvgIpc) is 3.21. The summed E-state index contributed by atoms with van der Waals surface area (Å²) in [7, 11) is 0. The van der Waals surface area contributed by atoms with Crippen LogP contribution < -0.4 is 5.73 Å². The summed E-state index contributed by atoms with van der Waals surface area (Å²) < 4.78 is 40.1. The minimum atomic E-state index is -4.28. The van der Waals surface area contributed by atoms with Gasteiger partial charge in [-0.15, -0.1) is 0 Å². The van der Waals surface area contributed by atoms with E-state index in [-0.39, 0.29) is 6.04 Å². The quantitative estimate of drug-likeness (QED) is 0.869. The Balaban J connectivity index is 2.21. The molecule has 1 aliphatic rings. The standard InChI is InChI=1S/C15H21F3N2/c1-2-13(19)14(15(16,17)18)20(12-8-9-12)10-11-6-4-3-5-7-11/h3-7,12-14H,2,8-10,19H2,1H3. The van der Waals surface area contributed by atoms with Crippen molar-refractivity contribution < 1.29 is 13.2 Å². The minimum absolute atomic E-state index is 0.0134. The van der Waals surface area contributed by atoms with Gasteiger partial charge >= 0.3 is 6.18 Å². The molecule has 2 N–H and O–H groups in total. The Hall–Kier alpha value is -1.07. The predicted molar refractivity (Wildman–Crippen MR) is 73.1 cm³/mol. The molecule has 1 aliphatic carbocycles. The van der Waals surface area contributed by atoms with Gasteiger partial charge in [0.15, 0.2) is 0 Å². The Labute approximate surface area is 117 Å². The van der Waals surface area contributed by atoms with Crippen molar-refractivity contribution in [3.05, 3.63) is 35.9 Å². The van der Waals surface area contributed by atoms with Gasteiger partial charge in [-0.3, -0.25) is 4.90 Å². The van der Waals surface area contributed by atoms with Crippen molar-refractivity contribution in [1.29, 1.82) is 0 Å². The van der Waals surface area contributed by atoms with Gasteiger partial charge in [0.05, 0.1) is 0 Å². The molecule has 0 spiro atoms. The number of alkyl halides is 3. The van der Waals surface area contributed by atoms with Gasteiger partial charge in [0.25, 0.3) is 0 Å². The summed E-state index contributed by atoms with van der Waals surface area (Å²) in [6.45, 7) is 2.01. The highest BCUT2D eigenvalue weighted by Gasteiger charge is 2.50.